The first-order chi connectivity index (χ1) is 9.20. The van der Waals surface area contributed by atoms with Crippen LogP contribution in [-0.4, -0.2) is 25.1 Å². The number of benzene rings is 1. The highest BCUT2D eigenvalue weighted by Gasteiger charge is 2.20. The molecule has 0 aromatic heterocycles. The van der Waals surface area contributed by atoms with Crippen LogP contribution in [0.5, 0.6) is 5.75 Å². The maximum absolute atomic E-state index is 13.3. The Bertz CT molecular complexity index is 451. The van der Waals surface area contributed by atoms with Crippen molar-refractivity contribution in [2.75, 3.05) is 13.2 Å². The minimum atomic E-state index is -0.448. The molecule has 1 aromatic rings. The van der Waals surface area contributed by atoms with Gasteiger partial charge in [0.05, 0.1) is 5.56 Å². The first kappa shape index (κ1) is 16.7. The summed E-state index contributed by atoms with van der Waals surface area (Å²) < 4.78 is 18.7. The average molecular weight is 303 g/mol. The zero-order valence-electron chi connectivity index (χ0n) is 11.2. The molecule has 0 atom stereocenters. The standard InChI is InChI=1S/C14H19FN2O2.ClH/c15-10-5-6-13(19-8-7-16)12(9-10)14(18)17-11-3-1-2-4-11;/h5-6,9,11H,1-4,7-8,16H2,(H,17,18);1H. The van der Waals surface area contributed by atoms with E-state index in [0.29, 0.717) is 18.9 Å². The molecule has 0 unspecified atom stereocenters. The molecule has 2 rings (SSSR count). The summed E-state index contributed by atoms with van der Waals surface area (Å²) in [6, 6.07) is 4.14. The molecule has 0 saturated heterocycles. The van der Waals surface area contributed by atoms with Crippen molar-refractivity contribution in [2.45, 2.75) is 31.7 Å². The number of amides is 1. The maximum atomic E-state index is 13.3. The lowest BCUT2D eigenvalue weighted by Gasteiger charge is -2.15. The third kappa shape index (κ3) is 4.35. The van der Waals surface area contributed by atoms with Gasteiger partial charge in [0.25, 0.3) is 5.91 Å². The fourth-order valence-corrected chi connectivity index (χ4v) is 2.31. The molecule has 1 aliphatic carbocycles. The molecule has 0 heterocycles. The zero-order valence-corrected chi connectivity index (χ0v) is 12.0. The third-order valence-electron chi connectivity index (χ3n) is 3.25. The number of ether oxygens (including phenoxy) is 1. The number of hydrogen-bond acceptors (Lipinski definition) is 3. The van der Waals surface area contributed by atoms with E-state index in [4.69, 9.17) is 10.5 Å². The van der Waals surface area contributed by atoms with E-state index < -0.39 is 5.82 Å². The molecule has 1 aromatic carbocycles. The van der Waals surface area contributed by atoms with Crippen LogP contribution in [0.4, 0.5) is 4.39 Å². The summed E-state index contributed by atoms with van der Waals surface area (Å²) in [6.45, 7) is 0.649. The van der Waals surface area contributed by atoms with Crippen LogP contribution >= 0.6 is 12.4 Å². The molecule has 1 saturated carbocycles. The van der Waals surface area contributed by atoms with Gasteiger partial charge in [-0.2, -0.15) is 0 Å². The second-order valence-corrected chi connectivity index (χ2v) is 4.73. The summed E-state index contributed by atoms with van der Waals surface area (Å²) in [5.41, 5.74) is 5.60. The van der Waals surface area contributed by atoms with Crippen molar-refractivity contribution in [3.05, 3.63) is 29.6 Å². The number of carbonyl (C=O) groups is 1. The van der Waals surface area contributed by atoms with E-state index in [0.717, 1.165) is 25.7 Å². The van der Waals surface area contributed by atoms with Crippen molar-refractivity contribution in [3.8, 4) is 5.75 Å². The topological polar surface area (TPSA) is 64.3 Å². The lowest BCUT2D eigenvalue weighted by molar-refractivity contribution is 0.0933. The first-order valence-corrected chi connectivity index (χ1v) is 6.64. The van der Waals surface area contributed by atoms with E-state index in [9.17, 15) is 9.18 Å². The quantitative estimate of drug-likeness (QED) is 0.877. The van der Waals surface area contributed by atoms with Gasteiger partial charge in [0, 0.05) is 12.6 Å². The number of hydrogen-bond donors (Lipinski definition) is 2. The SMILES string of the molecule is Cl.NCCOc1ccc(F)cc1C(=O)NC1CCCC1. The van der Waals surface area contributed by atoms with Crippen molar-refractivity contribution in [1.82, 2.24) is 5.32 Å². The van der Waals surface area contributed by atoms with Crippen molar-refractivity contribution in [2.24, 2.45) is 5.73 Å². The highest BCUT2D eigenvalue weighted by molar-refractivity contribution is 5.97. The van der Waals surface area contributed by atoms with Gasteiger partial charge in [-0.1, -0.05) is 12.8 Å². The van der Waals surface area contributed by atoms with Crippen LogP contribution in [0, 0.1) is 5.82 Å². The smallest absolute Gasteiger partial charge is 0.255 e. The summed E-state index contributed by atoms with van der Waals surface area (Å²) in [5, 5.41) is 2.92. The number of rotatable bonds is 5. The predicted molar refractivity (Wildman–Crippen MR) is 77.9 cm³/mol. The largest absolute Gasteiger partial charge is 0.491 e. The Morgan fingerprint density at radius 2 is 2.10 bits per heavy atom. The van der Waals surface area contributed by atoms with Gasteiger partial charge >= 0.3 is 0 Å². The van der Waals surface area contributed by atoms with Crippen molar-refractivity contribution < 1.29 is 13.9 Å². The Kier molecular flexibility index (Phi) is 6.75. The second-order valence-electron chi connectivity index (χ2n) is 4.73. The monoisotopic (exact) mass is 302 g/mol. The Hall–Kier alpha value is -1.33. The molecule has 0 radical (unpaired) electrons. The normalized spacial score (nSPS) is 14.7. The molecule has 0 aliphatic heterocycles. The van der Waals surface area contributed by atoms with Crippen LogP contribution in [0.1, 0.15) is 36.0 Å². The maximum Gasteiger partial charge on any atom is 0.255 e. The summed E-state index contributed by atoms with van der Waals surface area (Å²) in [5.74, 6) is -0.350. The lowest BCUT2D eigenvalue weighted by Crippen LogP contribution is -2.33. The Labute approximate surface area is 124 Å². The van der Waals surface area contributed by atoms with E-state index >= 15 is 0 Å². The molecule has 1 amide bonds. The van der Waals surface area contributed by atoms with Crippen LogP contribution < -0.4 is 15.8 Å². The predicted octanol–water partition coefficient (Wildman–Crippen LogP) is 2.26. The molecule has 112 valence electrons. The summed E-state index contributed by atoms with van der Waals surface area (Å²) in [6.07, 6.45) is 4.23. The first-order valence-electron chi connectivity index (χ1n) is 6.64. The summed E-state index contributed by atoms with van der Waals surface area (Å²) in [7, 11) is 0. The van der Waals surface area contributed by atoms with E-state index in [1.165, 1.54) is 18.2 Å². The van der Waals surface area contributed by atoms with Gasteiger partial charge in [-0.3, -0.25) is 4.79 Å². The van der Waals surface area contributed by atoms with Gasteiger partial charge < -0.3 is 15.8 Å². The van der Waals surface area contributed by atoms with E-state index in [1.54, 1.807) is 0 Å². The summed E-state index contributed by atoms with van der Waals surface area (Å²) >= 11 is 0. The van der Waals surface area contributed by atoms with Gasteiger partial charge in [0.2, 0.25) is 0 Å². The molecule has 1 aliphatic rings. The molecule has 3 N–H and O–H groups in total. The second kappa shape index (κ2) is 8.07. The molecule has 20 heavy (non-hydrogen) atoms. The molecule has 0 bridgehead atoms. The Morgan fingerprint density at radius 1 is 1.40 bits per heavy atom. The Morgan fingerprint density at radius 3 is 2.75 bits per heavy atom. The number of nitrogens with two attached hydrogens (primary N) is 1. The van der Waals surface area contributed by atoms with Gasteiger partial charge in [0.1, 0.15) is 18.2 Å². The van der Waals surface area contributed by atoms with E-state index in [-0.39, 0.29) is 29.9 Å². The molecule has 4 nitrogen and oxygen atoms in total. The van der Waals surface area contributed by atoms with E-state index in [2.05, 4.69) is 5.32 Å². The minimum Gasteiger partial charge on any atom is -0.491 e. The van der Waals surface area contributed by atoms with Crippen molar-refractivity contribution in [3.63, 3.8) is 0 Å². The molecular formula is C14H20ClFN2O2. The summed E-state index contributed by atoms with van der Waals surface area (Å²) in [4.78, 5) is 12.1. The van der Waals surface area contributed by atoms with Crippen molar-refractivity contribution in [1.29, 1.82) is 0 Å². The lowest BCUT2D eigenvalue weighted by atomic mass is 10.1. The van der Waals surface area contributed by atoms with Crippen molar-refractivity contribution >= 4 is 18.3 Å². The van der Waals surface area contributed by atoms with Crippen LogP contribution in [0.15, 0.2) is 18.2 Å². The average Bonchev–Trinajstić information content (AvgIpc) is 2.90. The van der Waals surface area contributed by atoms with Crippen LogP contribution in [0.25, 0.3) is 0 Å². The van der Waals surface area contributed by atoms with Crippen LogP contribution in [-0.2, 0) is 0 Å². The minimum absolute atomic E-state index is 0. The van der Waals surface area contributed by atoms with Gasteiger partial charge in [-0.25, -0.2) is 4.39 Å². The highest BCUT2D eigenvalue weighted by Crippen LogP contribution is 2.22. The fourth-order valence-electron chi connectivity index (χ4n) is 2.31. The van der Waals surface area contributed by atoms with Crippen LogP contribution in [0.2, 0.25) is 0 Å². The Balaban J connectivity index is 0.00000200. The van der Waals surface area contributed by atoms with Gasteiger partial charge in [0.15, 0.2) is 0 Å². The van der Waals surface area contributed by atoms with Gasteiger partial charge in [-0.05, 0) is 31.0 Å². The highest BCUT2D eigenvalue weighted by atomic mass is 35.5. The van der Waals surface area contributed by atoms with Crippen LogP contribution in [0.3, 0.4) is 0 Å². The number of halogens is 2. The zero-order chi connectivity index (χ0) is 13.7. The number of carbonyl (C=O) groups excluding carboxylic acids is 1. The molecule has 0 spiro atoms. The third-order valence-corrected chi connectivity index (χ3v) is 3.25. The van der Waals surface area contributed by atoms with Gasteiger partial charge in [-0.15, -0.1) is 12.4 Å². The fraction of sp³-hybridized carbons (Fsp3) is 0.500. The molecule has 6 heteroatoms. The van der Waals surface area contributed by atoms with E-state index in [1.807, 2.05) is 0 Å². The number of nitrogens with one attached hydrogen (secondary N) is 1. The molecular weight excluding hydrogens is 283 g/mol. The molecule has 1 fully saturated rings.